The van der Waals surface area contributed by atoms with Crippen LogP contribution >= 0.6 is 15.9 Å². The van der Waals surface area contributed by atoms with E-state index in [1.165, 1.54) is 6.07 Å². The normalized spacial score (nSPS) is 22.6. The van der Waals surface area contributed by atoms with E-state index in [0.717, 1.165) is 0 Å². The molecule has 2 rings (SSSR count). The number of hydrogen-bond donors (Lipinski definition) is 3. The molecule has 6 nitrogen and oxygen atoms in total. The molecule has 0 saturated carbocycles. The van der Waals surface area contributed by atoms with E-state index in [1.807, 2.05) is 0 Å². The SMILES string of the molecule is CCOC(=O)[C@@H](O)[C@]1(O)C(=O)Nc2ccc(Br)cc21. The number of aliphatic hydroxyl groups is 2. The molecule has 0 saturated heterocycles. The van der Waals surface area contributed by atoms with Crippen LogP contribution in [0.15, 0.2) is 22.7 Å². The van der Waals surface area contributed by atoms with Crippen LogP contribution in [0.2, 0.25) is 0 Å². The molecule has 1 aliphatic rings. The Kier molecular flexibility index (Phi) is 3.62. The van der Waals surface area contributed by atoms with Gasteiger partial charge in [0.25, 0.3) is 5.91 Å². The van der Waals surface area contributed by atoms with Crippen molar-refractivity contribution in [2.75, 3.05) is 11.9 Å². The summed E-state index contributed by atoms with van der Waals surface area (Å²) in [6.07, 6.45) is -1.98. The van der Waals surface area contributed by atoms with Crippen LogP contribution in [0.3, 0.4) is 0 Å². The van der Waals surface area contributed by atoms with Crippen molar-refractivity contribution in [2.24, 2.45) is 0 Å². The van der Waals surface area contributed by atoms with Gasteiger partial charge >= 0.3 is 5.97 Å². The smallest absolute Gasteiger partial charge is 0.338 e. The molecule has 0 bridgehead atoms. The second kappa shape index (κ2) is 4.92. The first-order valence-electron chi connectivity index (χ1n) is 5.59. The molecule has 7 heteroatoms. The predicted molar refractivity (Wildman–Crippen MR) is 69.3 cm³/mol. The van der Waals surface area contributed by atoms with Crippen molar-refractivity contribution in [3.05, 3.63) is 28.2 Å². The Hall–Kier alpha value is -1.44. The topological polar surface area (TPSA) is 95.9 Å². The minimum absolute atomic E-state index is 0.0406. The molecule has 0 spiro atoms. The van der Waals surface area contributed by atoms with Crippen LogP contribution in [0.25, 0.3) is 0 Å². The van der Waals surface area contributed by atoms with Gasteiger partial charge in [-0.25, -0.2) is 4.79 Å². The molecule has 0 radical (unpaired) electrons. The summed E-state index contributed by atoms with van der Waals surface area (Å²) in [6, 6.07) is 4.70. The van der Waals surface area contributed by atoms with Crippen molar-refractivity contribution >= 4 is 33.5 Å². The van der Waals surface area contributed by atoms with E-state index in [2.05, 4.69) is 26.0 Å². The lowest BCUT2D eigenvalue weighted by Gasteiger charge is -2.25. The zero-order valence-electron chi connectivity index (χ0n) is 10.0. The third kappa shape index (κ3) is 2.13. The monoisotopic (exact) mass is 329 g/mol. The minimum atomic E-state index is -2.34. The first-order valence-corrected chi connectivity index (χ1v) is 6.39. The number of esters is 1. The molecule has 0 unspecified atom stereocenters. The van der Waals surface area contributed by atoms with Crippen molar-refractivity contribution in [3.63, 3.8) is 0 Å². The summed E-state index contributed by atoms with van der Waals surface area (Å²) in [6.45, 7) is 1.60. The summed E-state index contributed by atoms with van der Waals surface area (Å²) in [7, 11) is 0. The molecule has 0 aliphatic carbocycles. The summed E-state index contributed by atoms with van der Waals surface area (Å²) in [5.41, 5.74) is -1.86. The highest BCUT2D eigenvalue weighted by Gasteiger charge is 2.54. The molecular formula is C12H12BrNO5. The number of anilines is 1. The van der Waals surface area contributed by atoms with Crippen LogP contribution in [-0.4, -0.2) is 34.8 Å². The van der Waals surface area contributed by atoms with Gasteiger partial charge in [-0.2, -0.15) is 0 Å². The van der Waals surface area contributed by atoms with E-state index in [4.69, 9.17) is 0 Å². The zero-order valence-corrected chi connectivity index (χ0v) is 11.6. The van der Waals surface area contributed by atoms with Crippen LogP contribution in [-0.2, 0) is 19.9 Å². The third-order valence-electron chi connectivity index (χ3n) is 2.89. The molecule has 1 aliphatic heterocycles. The van der Waals surface area contributed by atoms with Gasteiger partial charge in [0.15, 0.2) is 6.10 Å². The van der Waals surface area contributed by atoms with Crippen molar-refractivity contribution in [1.82, 2.24) is 0 Å². The number of benzene rings is 1. The van der Waals surface area contributed by atoms with Gasteiger partial charge in [-0.15, -0.1) is 0 Å². The van der Waals surface area contributed by atoms with Crippen molar-refractivity contribution < 1.29 is 24.5 Å². The molecule has 1 amide bonds. The van der Waals surface area contributed by atoms with E-state index >= 15 is 0 Å². The first-order chi connectivity index (χ1) is 8.91. The fraction of sp³-hybridized carbons (Fsp3) is 0.333. The molecule has 2 atom stereocenters. The lowest BCUT2D eigenvalue weighted by atomic mass is 9.89. The van der Waals surface area contributed by atoms with Crippen LogP contribution in [0.4, 0.5) is 5.69 Å². The fourth-order valence-electron chi connectivity index (χ4n) is 1.94. The lowest BCUT2D eigenvalue weighted by Crippen LogP contribution is -2.50. The van der Waals surface area contributed by atoms with Crippen molar-refractivity contribution in [3.8, 4) is 0 Å². The molecule has 19 heavy (non-hydrogen) atoms. The number of halogens is 1. The number of amides is 1. The minimum Gasteiger partial charge on any atom is -0.464 e. The summed E-state index contributed by atoms with van der Waals surface area (Å²) in [4.78, 5) is 23.4. The van der Waals surface area contributed by atoms with Crippen LogP contribution in [0.5, 0.6) is 0 Å². The van der Waals surface area contributed by atoms with Gasteiger partial charge in [0, 0.05) is 15.7 Å². The Bertz CT molecular complexity index is 547. The van der Waals surface area contributed by atoms with Crippen LogP contribution < -0.4 is 5.32 Å². The number of ether oxygens (including phenoxy) is 1. The number of aliphatic hydroxyl groups excluding tert-OH is 1. The highest BCUT2D eigenvalue weighted by molar-refractivity contribution is 9.10. The Morgan fingerprint density at radius 1 is 1.58 bits per heavy atom. The fourth-order valence-corrected chi connectivity index (χ4v) is 2.31. The van der Waals surface area contributed by atoms with E-state index in [1.54, 1.807) is 19.1 Å². The number of hydrogen-bond acceptors (Lipinski definition) is 5. The van der Waals surface area contributed by atoms with Gasteiger partial charge in [0.1, 0.15) is 0 Å². The number of rotatable bonds is 3. The van der Waals surface area contributed by atoms with E-state index < -0.39 is 23.6 Å². The maximum absolute atomic E-state index is 11.9. The Morgan fingerprint density at radius 3 is 2.89 bits per heavy atom. The van der Waals surface area contributed by atoms with Gasteiger partial charge in [-0.05, 0) is 25.1 Å². The molecule has 0 fully saturated rings. The second-order valence-electron chi connectivity index (χ2n) is 4.06. The van der Waals surface area contributed by atoms with Gasteiger partial charge in [0.2, 0.25) is 5.60 Å². The number of carbonyl (C=O) groups is 2. The summed E-state index contributed by atoms with van der Waals surface area (Å²) in [5.74, 6) is -1.91. The van der Waals surface area contributed by atoms with E-state index in [0.29, 0.717) is 10.2 Å². The van der Waals surface area contributed by atoms with Crippen molar-refractivity contribution in [1.29, 1.82) is 0 Å². The number of carbonyl (C=O) groups excluding carboxylic acids is 2. The van der Waals surface area contributed by atoms with E-state index in [-0.39, 0.29) is 12.2 Å². The summed E-state index contributed by atoms with van der Waals surface area (Å²) >= 11 is 3.21. The highest BCUT2D eigenvalue weighted by Crippen LogP contribution is 2.40. The molecule has 3 N–H and O–H groups in total. The van der Waals surface area contributed by atoms with Gasteiger partial charge < -0.3 is 20.3 Å². The predicted octanol–water partition coefficient (Wildman–Crippen LogP) is 0.513. The number of fused-ring (bicyclic) bond motifs is 1. The quantitative estimate of drug-likeness (QED) is 0.702. The maximum Gasteiger partial charge on any atom is 0.338 e. The average molecular weight is 330 g/mol. The lowest BCUT2D eigenvalue weighted by molar-refractivity contribution is -0.174. The second-order valence-corrected chi connectivity index (χ2v) is 4.98. The standard InChI is InChI=1S/C12H12BrNO5/c1-2-19-10(16)9(15)12(18)7-5-6(13)3-4-8(7)14-11(12)17/h3-5,9,15,18H,2H2,1H3,(H,14,17)/t9-,12+/m1/s1. The summed E-state index contributed by atoms with van der Waals surface area (Å²) < 4.78 is 5.24. The number of nitrogens with one attached hydrogen (secondary N) is 1. The Labute approximate surface area is 117 Å². The first kappa shape index (κ1) is 14.0. The molecule has 0 aromatic heterocycles. The third-order valence-corrected chi connectivity index (χ3v) is 3.39. The summed E-state index contributed by atoms with van der Waals surface area (Å²) in [5, 5.41) is 22.7. The van der Waals surface area contributed by atoms with Crippen LogP contribution in [0.1, 0.15) is 12.5 Å². The molecule has 1 aromatic rings. The Balaban J connectivity index is 2.46. The van der Waals surface area contributed by atoms with Gasteiger partial charge in [-0.1, -0.05) is 15.9 Å². The van der Waals surface area contributed by atoms with Crippen molar-refractivity contribution in [2.45, 2.75) is 18.6 Å². The molecule has 1 heterocycles. The molecular weight excluding hydrogens is 318 g/mol. The average Bonchev–Trinajstić information content (AvgIpc) is 2.62. The Morgan fingerprint density at radius 2 is 2.26 bits per heavy atom. The van der Waals surface area contributed by atoms with Gasteiger partial charge in [0.05, 0.1) is 6.61 Å². The van der Waals surface area contributed by atoms with E-state index in [9.17, 15) is 19.8 Å². The largest absolute Gasteiger partial charge is 0.464 e. The maximum atomic E-state index is 11.9. The highest BCUT2D eigenvalue weighted by atomic mass is 79.9. The van der Waals surface area contributed by atoms with Gasteiger partial charge in [-0.3, -0.25) is 4.79 Å². The molecule has 102 valence electrons. The van der Waals surface area contributed by atoms with Crippen LogP contribution in [0, 0.1) is 0 Å². The zero-order chi connectivity index (χ0) is 14.2. The molecule has 1 aromatic carbocycles.